The van der Waals surface area contributed by atoms with Gasteiger partial charge in [0.05, 0.1) is 6.61 Å². The molecular formula is C22H25N3O4. The van der Waals surface area contributed by atoms with Gasteiger partial charge in [-0.05, 0) is 66.0 Å². The first-order valence-electron chi connectivity index (χ1n) is 9.63. The van der Waals surface area contributed by atoms with Gasteiger partial charge in [-0.2, -0.15) is 0 Å². The summed E-state index contributed by atoms with van der Waals surface area (Å²) in [4.78, 5) is 12.3. The Bertz CT molecular complexity index is 931. The van der Waals surface area contributed by atoms with E-state index in [1.807, 2.05) is 56.3 Å². The number of unbranched alkanes of at least 4 members (excludes halogenated alkanes) is 1. The summed E-state index contributed by atoms with van der Waals surface area (Å²) < 4.78 is 16.2. The topological polar surface area (TPSA) is 86.5 Å². The van der Waals surface area contributed by atoms with Gasteiger partial charge in [0.2, 0.25) is 5.82 Å². The number of anilines is 1. The van der Waals surface area contributed by atoms with Crippen LogP contribution in [0.4, 0.5) is 5.82 Å². The van der Waals surface area contributed by atoms with Gasteiger partial charge in [-0.1, -0.05) is 31.5 Å². The molecule has 0 radical (unpaired) electrons. The number of hydrogen-bond donors (Lipinski definition) is 1. The normalized spacial score (nSPS) is 10.6. The minimum Gasteiger partial charge on any atom is -0.494 e. The molecule has 1 amide bonds. The Labute approximate surface area is 170 Å². The first-order chi connectivity index (χ1) is 14.1. The summed E-state index contributed by atoms with van der Waals surface area (Å²) in [6, 6.07) is 13.2. The Morgan fingerprint density at radius 2 is 1.76 bits per heavy atom. The second-order valence-electron chi connectivity index (χ2n) is 6.75. The van der Waals surface area contributed by atoms with Crippen LogP contribution in [-0.2, 0) is 4.79 Å². The molecule has 3 rings (SSSR count). The summed E-state index contributed by atoms with van der Waals surface area (Å²) in [7, 11) is 0. The molecule has 1 N–H and O–H groups in total. The molecule has 3 aromatic rings. The molecular weight excluding hydrogens is 370 g/mol. The molecule has 1 aromatic heterocycles. The van der Waals surface area contributed by atoms with E-state index < -0.39 is 0 Å². The van der Waals surface area contributed by atoms with E-state index in [1.165, 1.54) is 0 Å². The lowest BCUT2D eigenvalue weighted by molar-refractivity contribution is -0.118. The third-order valence-electron chi connectivity index (χ3n) is 4.40. The molecule has 1 heterocycles. The summed E-state index contributed by atoms with van der Waals surface area (Å²) in [5.74, 6) is 1.40. The van der Waals surface area contributed by atoms with E-state index in [0.717, 1.165) is 35.3 Å². The predicted molar refractivity (Wildman–Crippen MR) is 110 cm³/mol. The zero-order chi connectivity index (χ0) is 20.6. The van der Waals surface area contributed by atoms with Gasteiger partial charge < -0.3 is 14.8 Å². The number of nitrogens with zero attached hydrogens (tertiary/aromatic N) is 2. The number of amides is 1. The van der Waals surface area contributed by atoms with Crippen molar-refractivity contribution in [1.82, 2.24) is 10.3 Å². The fourth-order valence-corrected chi connectivity index (χ4v) is 2.84. The van der Waals surface area contributed by atoms with Crippen LogP contribution in [0.15, 0.2) is 47.1 Å². The minimum atomic E-state index is -0.343. The van der Waals surface area contributed by atoms with E-state index in [-0.39, 0.29) is 18.3 Å². The second-order valence-corrected chi connectivity index (χ2v) is 6.75. The fourth-order valence-electron chi connectivity index (χ4n) is 2.84. The number of para-hydroxylation sites is 1. The number of carbonyl (C=O) groups excluding carboxylic acids is 1. The van der Waals surface area contributed by atoms with Crippen LogP contribution in [0.2, 0.25) is 0 Å². The van der Waals surface area contributed by atoms with Crippen LogP contribution >= 0.6 is 0 Å². The van der Waals surface area contributed by atoms with E-state index in [1.54, 1.807) is 0 Å². The first kappa shape index (κ1) is 20.4. The summed E-state index contributed by atoms with van der Waals surface area (Å²) in [5, 5.41) is 10.4. The lowest BCUT2D eigenvalue weighted by Gasteiger charge is -2.11. The van der Waals surface area contributed by atoms with Crippen molar-refractivity contribution >= 4 is 11.7 Å². The Morgan fingerprint density at radius 3 is 2.45 bits per heavy atom. The van der Waals surface area contributed by atoms with Gasteiger partial charge in [-0.15, -0.1) is 0 Å². The average Bonchev–Trinajstić information content (AvgIpc) is 3.16. The Hall–Kier alpha value is -3.35. The largest absolute Gasteiger partial charge is 0.494 e. The quantitative estimate of drug-likeness (QED) is 0.535. The van der Waals surface area contributed by atoms with Crippen molar-refractivity contribution in [2.24, 2.45) is 0 Å². The van der Waals surface area contributed by atoms with Crippen molar-refractivity contribution in [3.63, 3.8) is 0 Å². The van der Waals surface area contributed by atoms with Crippen molar-refractivity contribution in [3.8, 4) is 22.8 Å². The molecule has 0 saturated heterocycles. The number of rotatable bonds is 9. The highest BCUT2D eigenvalue weighted by molar-refractivity contribution is 5.94. The van der Waals surface area contributed by atoms with E-state index >= 15 is 0 Å². The monoisotopic (exact) mass is 395 g/mol. The lowest BCUT2D eigenvalue weighted by atomic mass is 10.1. The Morgan fingerprint density at radius 1 is 1.03 bits per heavy atom. The van der Waals surface area contributed by atoms with Gasteiger partial charge in [0.15, 0.2) is 12.3 Å². The van der Waals surface area contributed by atoms with E-state index in [4.69, 9.17) is 14.1 Å². The second kappa shape index (κ2) is 9.73. The molecule has 0 fully saturated rings. The van der Waals surface area contributed by atoms with Crippen molar-refractivity contribution in [2.45, 2.75) is 33.6 Å². The third kappa shape index (κ3) is 5.34. The fraction of sp³-hybridized carbons (Fsp3) is 0.318. The van der Waals surface area contributed by atoms with Gasteiger partial charge in [0.1, 0.15) is 11.5 Å². The van der Waals surface area contributed by atoms with Crippen molar-refractivity contribution in [1.29, 1.82) is 0 Å². The molecule has 0 aliphatic heterocycles. The zero-order valence-corrected chi connectivity index (χ0v) is 16.9. The van der Waals surface area contributed by atoms with Crippen LogP contribution in [0.25, 0.3) is 11.3 Å². The van der Waals surface area contributed by atoms with E-state index in [2.05, 4.69) is 22.6 Å². The molecule has 0 aliphatic rings. The van der Waals surface area contributed by atoms with Gasteiger partial charge in [0.25, 0.3) is 5.91 Å². The number of benzene rings is 2. The number of hydrogen-bond acceptors (Lipinski definition) is 6. The van der Waals surface area contributed by atoms with Crippen LogP contribution in [-0.4, -0.2) is 29.4 Å². The Kier molecular flexibility index (Phi) is 6.84. The highest BCUT2D eigenvalue weighted by atomic mass is 16.6. The highest BCUT2D eigenvalue weighted by Crippen LogP contribution is 2.27. The molecule has 2 aromatic carbocycles. The number of ether oxygens (including phenoxy) is 2. The summed E-state index contributed by atoms with van der Waals surface area (Å²) >= 11 is 0. The lowest BCUT2D eigenvalue weighted by Crippen LogP contribution is -2.21. The first-order valence-corrected chi connectivity index (χ1v) is 9.63. The standard InChI is InChI=1S/C22H25N3O4/c1-4-5-13-27-18-11-9-17(10-12-18)20-22(25-29-24-20)23-19(26)14-28-21-15(2)7-6-8-16(21)3/h6-12H,4-5,13-14H2,1-3H3,(H,23,25,26). The summed E-state index contributed by atoms with van der Waals surface area (Å²) in [5.41, 5.74) is 3.16. The van der Waals surface area contributed by atoms with Crippen molar-refractivity contribution in [2.75, 3.05) is 18.5 Å². The van der Waals surface area contributed by atoms with Gasteiger partial charge in [-0.25, -0.2) is 4.63 Å². The van der Waals surface area contributed by atoms with Gasteiger partial charge in [-0.3, -0.25) is 4.79 Å². The minimum absolute atomic E-state index is 0.137. The van der Waals surface area contributed by atoms with E-state index in [9.17, 15) is 4.79 Å². The van der Waals surface area contributed by atoms with Gasteiger partial charge >= 0.3 is 0 Å². The maximum absolute atomic E-state index is 12.3. The summed E-state index contributed by atoms with van der Waals surface area (Å²) in [6.45, 7) is 6.54. The number of aromatic nitrogens is 2. The maximum Gasteiger partial charge on any atom is 0.263 e. The van der Waals surface area contributed by atoms with Crippen molar-refractivity contribution in [3.05, 3.63) is 53.6 Å². The predicted octanol–water partition coefficient (Wildman–Crippen LogP) is 4.55. The molecule has 29 heavy (non-hydrogen) atoms. The molecule has 152 valence electrons. The van der Waals surface area contributed by atoms with Crippen LogP contribution in [0.5, 0.6) is 11.5 Å². The zero-order valence-electron chi connectivity index (χ0n) is 16.9. The van der Waals surface area contributed by atoms with Gasteiger partial charge in [0, 0.05) is 5.56 Å². The molecule has 0 saturated carbocycles. The molecule has 0 aliphatic carbocycles. The Balaban J connectivity index is 1.62. The molecule has 7 nitrogen and oxygen atoms in total. The van der Waals surface area contributed by atoms with Crippen molar-refractivity contribution < 1.29 is 18.9 Å². The van der Waals surface area contributed by atoms with Crippen LogP contribution in [0.3, 0.4) is 0 Å². The SMILES string of the molecule is CCCCOc1ccc(-c2nonc2NC(=O)COc2c(C)cccc2C)cc1. The molecule has 0 atom stereocenters. The highest BCUT2D eigenvalue weighted by Gasteiger charge is 2.16. The maximum atomic E-state index is 12.3. The third-order valence-corrected chi connectivity index (χ3v) is 4.40. The smallest absolute Gasteiger partial charge is 0.263 e. The summed E-state index contributed by atoms with van der Waals surface area (Å²) in [6.07, 6.45) is 2.09. The molecule has 0 unspecified atom stereocenters. The molecule has 0 spiro atoms. The van der Waals surface area contributed by atoms with Crippen LogP contribution in [0.1, 0.15) is 30.9 Å². The van der Waals surface area contributed by atoms with Crippen LogP contribution in [0, 0.1) is 13.8 Å². The van der Waals surface area contributed by atoms with E-state index in [0.29, 0.717) is 18.1 Å². The number of aryl methyl sites for hydroxylation is 2. The van der Waals surface area contributed by atoms with Crippen LogP contribution < -0.4 is 14.8 Å². The number of carbonyl (C=O) groups is 1. The molecule has 7 heteroatoms. The number of nitrogens with one attached hydrogen (secondary N) is 1. The molecule has 0 bridgehead atoms. The average molecular weight is 395 g/mol.